The summed E-state index contributed by atoms with van der Waals surface area (Å²) < 4.78 is 0. The molecule has 3 rings (SSSR count). The maximum Gasteiger partial charge on any atom is 0.252 e. The summed E-state index contributed by atoms with van der Waals surface area (Å²) in [5.41, 5.74) is 7.12. The molecule has 1 aliphatic rings. The van der Waals surface area contributed by atoms with Crippen molar-refractivity contribution < 1.29 is 15.0 Å². The van der Waals surface area contributed by atoms with Crippen LogP contribution in [-0.4, -0.2) is 41.8 Å². The average Bonchev–Trinajstić information content (AvgIpc) is 2.98. The van der Waals surface area contributed by atoms with Gasteiger partial charge in [-0.2, -0.15) is 0 Å². The fraction of sp³-hybridized carbons (Fsp3) is 0.435. The molecule has 29 heavy (non-hydrogen) atoms. The number of aliphatic hydroxyl groups is 1. The number of phenols is 1. The standard InChI is InChI=1S/C23H31N3O3/c1-26(18-7-3-2-4-8-18)19-9-5-6-17(11-12-19)25-15-22(28)16-10-13-21(27)20(14-16)23(24)29/h2-4,7-8,10,13-14,17,19,22,25,27-28H,5-6,9,11-12,15H2,1H3,(H2,24,29). The smallest absolute Gasteiger partial charge is 0.252 e. The number of amides is 1. The Hall–Kier alpha value is -2.57. The zero-order chi connectivity index (χ0) is 20.8. The largest absolute Gasteiger partial charge is 0.507 e. The van der Waals surface area contributed by atoms with Crippen LogP contribution < -0.4 is 16.0 Å². The molecule has 6 nitrogen and oxygen atoms in total. The molecule has 156 valence electrons. The summed E-state index contributed by atoms with van der Waals surface area (Å²) in [5, 5.41) is 23.7. The van der Waals surface area contributed by atoms with Gasteiger partial charge in [-0.05, 0) is 61.9 Å². The number of carbonyl (C=O) groups is 1. The summed E-state index contributed by atoms with van der Waals surface area (Å²) in [6.45, 7) is 0.396. The Balaban J connectivity index is 1.53. The molecule has 3 unspecified atom stereocenters. The number of primary amides is 1. The number of nitrogens with two attached hydrogens (primary N) is 1. The van der Waals surface area contributed by atoms with Crippen molar-refractivity contribution >= 4 is 11.6 Å². The second-order valence-electron chi connectivity index (χ2n) is 7.87. The maximum atomic E-state index is 11.4. The fourth-order valence-corrected chi connectivity index (χ4v) is 4.10. The van der Waals surface area contributed by atoms with Gasteiger partial charge in [0.2, 0.25) is 0 Å². The van der Waals surface area contributed by atoms with Crippen LogP contribution in [0, 0.1) is 0 Å². The van der Waals surface area contributed by atoms with E-state index < -0.39 is 12.0 Å². The van der Waals surface area contributed by atoms with Crippen LogP contribution in [0.1, 0.15) is 54.1 Å². The van der Waals surface area contributed by atoms with Gasteiger partial charge < -0.3 is 26.2 Å². The van der Waals surface area contributed by atoms with Crippen LogP contribution >= 0.6 is 0 Å². The van der Waals surface area contributed by atoms with Crippen molar-refractivity contribution in [3.8, 4) is 5.75 Å². The van der Waals surface area contributed by atoms with Gasteiger partial charge in [-0.25, -0.2) is 0 Å². The maximum absolute atomic E-state index is 11.4. The first-order chi connectivity index (χ1) is 14.0. The highest BCUT2D eigenvalue weighted by Crippen LogP contribution is 2.26. The molecule has 5 N–H and O–H groups in total. The minimum atomic E-state index is -0.764. The average molecular weight is 398 g/mol. The monoisotopic (exact) mass is 397 g/mol. The minimum Gasteiger partial charge on any atom is -0.507 e. The number of hydrogen-bond donors (Lipinski definition) is 4. The van der Waals surface area contributed by atoms with E-state index in [0.717, 1.165) is 32.1 Å². The number of benzene rings is 2. The van der Waals surface area contributed by atoms with Crippen LogP contribution in [0.5, 0.6) is 5.75 Å². The van der Waals surface area contributed by atoms with Crippen LogP contribution in [-0.2, 0) is 0 Å². The topological polar surface area (TPSA) is 98.8 Å². The third-order valence-corrected chi connectivity index (χ3v) is 5.92. The molecular formula is C23H31N3O3. The van der Waals surface area contributed by atoms with Gasteiger partial charge in [-0.1, -0.05) is 24.3 Å². The molecule has 0 saturated heterocycles. The van der Waals surface area contributed by atoms with Crippen LogP contribution in [0.4, 0.5) is 5.69 Å². The Morgan fingerprint density at radius 1 is 1.17 bits per heavy atom. The van der Waals surface area contributed by atoms with Crippen molar-refractivity contribution in [1.29, 1.82) is 0 Å². The molecule has 0 aromatic heterocycles. The molecule has 3 atom stereocenters. The van der Waals surface area contributed by atoms with E-state index in [1.54, 1.807) is 6.07 Å². The molecule has 1 fully saturated rings. The van der Waals surface area contributed by atoms with E-state index in [1.807, 2.05) is 6.07 Å². The highest BCUT2D eigenvalue weighted by atomic mass is 16.3. The molecule has 0 aliphatic heterocycles. The number of aromatic hydroxyl groups is 1. The Kier molecular flexibility index (Phi) is 7.12. The Morgan fingerprint density at radius 2 is 1.93 bits per heavy atom. The fourth-order valence-electron chi connectivity index (χ4n) is 4.10. The zero-order valence-electron chi connectivity index (χ0n) is 16.9. The number of nitrogens with zero attached hydrogens (tertiary/aromatic N) is 1. The second kappa shape index (κ2) is 9.76. The first kappa shape index (κ1) is 21.1. The lowest BCUT2D eigenvalue weighted by molar-refractivity contribution is 0.0997. The molecular weight excluding hydrogens is 366 g/mol. The predicted octanol–water partition coefficient (Wildman–Crippen LogP) is 2.95. The third-order valence-electron chi connectivity index (χ3n) is 5.92. The van der Waals surface area contributed by atoms with Crippen molar-refractivity contribution in [3.63, 3.8) is 0 Å². The van der Waals surface area contributed by atoms with E-state index in [4.69, 9.17) is 5.73 Å². The second-order valence-corrected chi connectivity index (χ2v) is 7.87. The van der Waals surface area contributed by atoms with Gasteiger partial charge in [0.05, 0.1) is 11.7 Å². The first-order valence-electron chi connectivity index (χ1n) is 10.3. The molecule has 2 aromatic rings. The van der Waals surface area contributed by atoms with E-state index in [2.05, 4.69) is 41.5 Å². The number of nitrogens with one attached hydrogen (secondary N) is 1. The van der Waals surface area contributed by atoms with Gasteiger partial charge in [0.1, 0.15) is 5.75 Å². The molecule has 1 aliphatic carbocycles. The number of anilines is 1. The Morgan fingerprint density at radius 3 is 2.66 bits per heavy atom. The van der Waals surface area contributed by atoms with E-state index in [0.29, 0.717) is 24.2 Å². The molecule has 0 spiro atoms. The highest BCUT2D eigenvalue weighted by Gasteiger charge is 2.23. The number of rotatable bonds is 7. The van der Waals surface area contributed by atoms with Crippen molar-refractivity contribution in [3.05, 3.63) is 59.7 Å². The van der Waals surface area contributed by atoms with Crippen LogP contribution in [0.15, 0.2) is 48.5 Å². The lowest BCUT2D eigenvalue weighted by atomic mass is 10.0. The Labute approximate surface area is 172 Å². The number of carbonyl (C=O) groups excluding carboxylic acids is 1. The van der Waals surface area contributed by atoms with Gasteiger partial charge in [-0.3, -0.25) is 4.79 Å². The quantitative estimate of drug-likeness (QED) is 0.539. The van der Waals surface area contributed by atoms with Crippen LogP contribution in [0.2, 0.25) is 0 Å². The van der Waals surface area contributed by atoms with E-state index >= 15 is 0 Å². The molecule has 2 aromatic carbocycles. The summed E-state index contributed by atoms with van der Waals surface area (Å²) in [7, 11) is 2.17. The van der Waals surface area contributed by atoms with Crippen molar-refractivity contribution in [2.45, 2.75) is 50.3 Å². The van der Waals surface area contributed by atoms with Crippen LogP contribution in [0.3, 0.4) is 0 Å². The molecule has 1 saturated carbocycles. The summed E-state index contributed by atoms with van der Waals surface area (Å²) >= 11 is 0. The molecule has 0 bridgehead atoms. The zero-order valence-corrected chi connectivity index (χ0v) is 16.9. The lowest BCUT2D eigenvalue weighted by Crippen LogP contribution is -2.34. The summed E-state index contributed by atoms with van der Waals surface area (Å²) in [5.74, 6) is -0.874. The van der Waals surface area contributed by atoms with E-state index in [1.165, 1.54) is 17.8 Å². The molecule has 0 radical (unpaired) electrons. The van der Waals surface area contributed by atoms with Gasteiger partial charge in [0.15, 0.2) is 0 Å². The van der Waals surface area contributed by atoms with Gasteiger partial charge in [0, 0.05) is 31.4 Å². The number of hydrogen-bond acceptors (Lipinski definition) is 5. The van der Waals surface area contributed by atoms with E-state index in [-0.39, 0.29) is 11.3 Å². The Bertz CT molecular complexity index is 812. The first-order valence-corrected chi connectivity index (χ1v) is 10.3. The van der Waals surface area contributed by atoms with Gasteiger partial charge >= 0.3 is 0 Å². The number of para-hydroxylation sites is 1. The summed E-state index contributed by atoms with van der Waals surface area (Å²) in [6.07, 6.45) is 4.77. The van der Waals surface area contributed by atoms with E-state index in [9.17, 15) is 15.0 Å². The minimum absolute atomic E-state index is 0.0304. The predicted molar refractivity (Wildman–Crippen MR) is 115 cm³/mol. The number of aliphatic hydroxyl groups excluding tert-OH is 1. The molecule has 6 heteroatoms. The lowest BCUT2D eigenvalue weighted by Gasteiger charge is -2.29. The van der Waals surface area contributed by atoms with Crippen LogP contribution in [0.25, 0.3) is 0 Å². The SMILES string of the molecule is CN(c1ccccc1)C1CCCC(NCC(O)c2ccc(O)c(C(N)=O)c2)CC1. The van der Waals surface area contributed by atoms with Crippen molar-refractivity contribution in [2.24, 2.45) is 5.73 Å². The molecule has 0 heterocycles. The summed E-state index contributed by atoms with van der Waals surface area (Å²) in [4.78, 5) is 13.8. The normalized spacial score (nSPS) is 20.6. The van der Waals surface area contributed by atoms with Crippen molar-refractivity contribution in [2.75, 3.05) is 18.5 Å². The highest BCUT2D eigenvalue weighted by molar-refractivity contribution is 5.95. The summed E-state index contributed by atoms with van der Waals surface area (Å²) in [6, 6.07) is 15.8. The molecule has 1 amide bonds. The van der Waals surface area contributed by atoms with Gasteiger partial charge in [0.25, 0.3) is 5.91 Å². The van der Waals surface area contributed by atoms with Crippen molar-refractivity contribution in [1.82, 2.24) is 5.32 Å². The van der Waals surface area contributed by atoms with Gasteiger partial charge in [-0.15, -0.1) is 0 Å². The third kappa shape index (κ3) is 5.49.